The zero-order chi connectivity index (χ0) is 20.9. The Labute approximate surface area is 167 Å². The lowest BCUT2D eigenvalue weighted by Crippen LogP contribution is -2.86. The third-order valence-corrected chi connectivity index (χ3v) is 6.30. The number of amides is 1. The molecule has 0 bridgehead atoms. The van der Waals surface area contributed by atoms with Crippen molar-refractivity contribution in [1.29, 1.82) is 0 Å². The molecule has 0 saturated heterocycles. The average Bonchev–Trinajstić information content (AvgIpc) is 2.66. The van der Waals surface area contributed by atoms with E-state index in [9.17, 15) is 13.2 Å². The summed E-state index contributed by atoms with van der Waals surface area (Å²) in [5, 5.41) is 4.80. The summed E-state index contributed by atoms with van der Waals surface area (Å²) >= 11 is 0. The molecule has 152 valence electrons. The van der Waals surface area contributed by atoms with E-state index in [1.807, 2.05) is 61.6 Å². The van der Waals surface area contributed by atoms with Crippen LogP contribution in [-0.2, 0) is 14.8 Å². The minimum absolute atomic E-state index is 0.139. The second-order valence-electron chi connectivity index (χ2n) is 7.05. The van der Waals surface area contributed by atoms with Crippen LogP contribution in [-0.4, -0.2) is 53.4 Å². The number of rotatable bonds is 8. The fraction of sp³-hybridized carbons (Fsp3) is 0.350. The van der Waals surface area contributed by atoms with Crippen molar-refractivity contribution in [3.05, 3.63) is 54.1 Å². The lowest BCUT2D eigenvalue weighted by Gasteiger charge is -2.20. The summed E-state index contributed by atoms with van der Waals surface area (Å²) < 4.78 is 26.0. The Balaban J connectivity index is 2.15. The molecule has 7 nitrogen and oxygen atoms in total. The SMILES string of the molecule is C[C@@H]([NH2+]CC(=O)Nc1cc(S(=O)(=O)N(C)C)ccc1N(C)C)c1ccccc1. The van der Waals surface area contributed by atoms with E-state index in [1.165, 1.54) is 20.2 Å². The first-order valence-electron chi connectivity index (χ1n) is 9.05. The van der Waals surface area contributed by atoms with Gasteiger partial charge >= 0.3 is 0 Å². The molecule has 0 radical (unpaired) electrons. The van der Waals surface area contributed by atoms with Gasteiger partial charge in [0, 0.05) is 33.8 Å². The molecule has 28 heavy (non-hydrogen) atoms. The second kappa shape index (κ2) is 9.18. The maximum atomic E-state index is 12.5. The topological polar surface area (TPSA) is 86.3 Å². The monoisotopic (exact) mass is 405 g/mol. The van der Waals surface area contributed by atoms with Crippen molar-refractivity contribution in [2.24, 2.45) is 0 Å². The number of carbonyl (C=O) groups is 1. The fourth-order valence-corrected chi connectivity index (χ4v) is 3.68. The van der Waals surface area contributed by atoms with Gasteiger partial charge in [0.1, 0.15) is 6.04 Å². The van der Waals surface area contributed by atoms with Crippen LogP contribution in [0.3, 0.4) is 0 Å². The Morgan fingerprint density at radius 2 is 1.71 bits per heavy atom. The van der Waals surface area contributed by atoms with Gasteiger partial charge in [-0.3, -0.25) is 4.79 Å². The van der Waals surface area contributed by atoms with E-state index < -0.39 is 10.0 Å². The molecular weight excluding hydrogens is 376 g/mol. The van der Waals surface area contributed by atoms with Crippen LogP contribution in [0.15, 0.2) is 53.4 Å². The van der Waals surface area contributed by atoms with Gasteiger partial charge in [-0.2, -0.15) is 0 Å². The summed E-state index contributed by atoms with van der Waals surface area (Å²) in [6.07, 6.45) is 0. The molecule has 0 unspecified atom stereocenters. The third-order valence-electron chi connectivity index (χ3n) is 4.48. The van der Waals surface area contributed by atoms with Gasteiger partial charge in [-0.15, -0.1) is 0 Å². The highest BCUT2D eigenvalue weighted by Gasteiger charge is 2.20. The van der Waals surface area contributed by atoms with Crippen molar-refractivity contribution < 1.29 is 18.5 Å². The minimum Gasteiger partial charge on any atom is -0.376 e. The van der Waals surface area contributed by atoms with Gasteiger partial charge in [-0.25, -0.2) is 12.7 Å². The fourth-order valence-electron chi connectivity index (χ4n) is 2.75. The van der Waals surface area contributed by atoms with E-state index in [2.05, 4.69) is 5.32 Å². The number of hydrogen-bond donors (Lipinski definition) is 2. The molecule has 1 amide bonds. The van der Waals surface area contributed by atoms with Crippen molar-refractivity contribution in [3.8, 4) is 0 Å². The first-order valence-corrected chi connectivity index (χ1v) is 10.5. The zero-order valence-electron chi connectivity index (χ0n) is 17.0. The number of nitrogens with zero attached hydrogens (tertiary/aromatic N) is 2. The van der Waals surface area contributed by atoms with E-state index in [4.69, 9.17) is 0 Å². The Bertz CT molecular complexity index is 912. The smallest absolute Gasteiger partial charge is 0.279 e. The molecule has 0 aromatic heterocycles. The van der Waals surface area contributed by atoms with Gasteiger partial charge in [0.25, 0.3) is 5.91 Å². The molecular formula is C20H29N4O3S+. The Hall–Kier alpha value is -2.42. The maximum Gasteiger partial charge on any atom is 0.279 e. The number of carbonyl (C=O) groups excluding carboxylic acids is 1. The largest absolute Gasteiger partial charge is 0.376 e. The van der Waals surface area contributed by atoms with Gasteiger partial charge in [-0.1, -0.05) is 30.3 Å². The number of anilines is 2. The number of hydrogen-bond acceptors (Lipinski definition) is 4. The van der Waals surface area contributed by atoms with E-state index >= 15 is 0 Å². The van der Waals surface area contributed by atoms with Crippen LogP contribution in [0.4, 0.5) is 11.4 Å². The normalized spacial score (nSPS) is 12.6. The molecule has 0 spiro atoms. The minimum atomic E-state index is -3.58. The standard InChI is InChI=1S/C20H28N4O3S/c1-15(16-9-7-6-8-10-16)21-14-20(25)22-18-13-17(28(26,27)24(4)5)11-12-19(18)23(2)3/h6-13,15,21H,14H2,1-5H3,(H,22,25)/p+1/t15-/m1/s1. The Kier molecular flexibility index (Phi) is 7.17. The van der Waals surface area contributed by atoms with Gasteiger partial charge < -0.3 is 15.5 Å². The van der Waals surface area contributed by atoms with Crippen LogP contribution in [0, 0.1) is 0 Å². The average molecular weight is 406 g/mol. The predicted octanol–water partition coefficient (Wildman–Crippen LogP) is 1.27. The van der Waals surface area contributed by atoms with Crippen molar-refractivity contribution in [2.45, 2.75) is 17.9 Å². The number of quaternary nitrogens is 1. The van der Waals surface area contributed by atoms with Gasteiger partial charge in [0.05, 0.1) is 16.3 Å². The van der Waals surface area contributed by atoms with E-state index in [1.54, 1.807) is 12.1 Å². The van der Waals surface area contributed by atoms with Crippen LogP contribution >= 0.6 is 0 Å². The number of benzene rings is 2. The third kappa shape index (κ3) is 5.31. The maximum absolute atomic E-state index is 12.5. The highest BCUT2D eigenvalue weighted by molar-refractivity contribution is 7.89. The highest BCUT2D eigenvalue weighted by atomic mass is 32.2. The van der Waals surface area contributed by atoms with Crippen molar-refractivity contribution in [2.75, 3.05) is 45.0 Å². The van der Waals surface area contributed by atoms with Crippen molar-refractivity contribution in [1.82, 2.24) is 4.31 Å². The Morgan fingerprint density at radius 1 is 1.07 bits per heavy atom. The lowest BCUT2D eigenvalue weighted by atomic mass is 10.1. The van der Waals surface area contributed by atoms with Gasteiger partial charge in [0.2, 0.25) is 10.0 Å². The van der Waals surface area contributed by atoms with Crippen LogP contribution < -0.4 is 15.5 Å². The molecule has 0 saturated carbocycles. The highest BCUT2D eigenvalue weighted by Crippen LogP contribution is 2.28. The molecule has 1 atom stereocenters. The van der Waals surface area contributed by atoms with Crippen molar-refractivity contribution in [3.63, 3.8) is 0 Å². The molecule has 3 N–H and O–H groups in total. The van der Waals surface area contributed by atoms with Crippen molar-refractivity contribution >= 4 is 27.3 Å². The zero-order valence-corrected chi connectivity index (χ0v) is 17.8. The molecule has 0 heterocycles. The molecule has 2 aromatic carbocycles. The molecule has 8 heteroatoms. The van der Waals surface area contributed by atoms with Gasteiger partial charge in [-0.05, 0) is 25.1 Å². The van der Waals surface area contributed by atoms with E-state index in [-0.39, 0.29) is 23.4 Å². The number of sulfonamides is 1. The number of nitrogens with two attached hydrogens (primary N) is 1. The molecule has 2 aromatic rings. The van der Waals surface area contributed by atoms with Crippen LogP contribution in [0.5, 0.6) is 0 Å². The summed E-state index contributed by atoms with van der Waals surface area (Å²) in [5.74, 6) is -0.190. The molecule has 0 aliphatic heterocycles. The first kappa shape index (κ1) is 21.9. The predicted molar refractivity (Wildman–Crippen MR) is 112 cm³/mol. The summed E-state index contributed by atoms with van der Waals surface area (Å²) in [7, 11) is 3.06. The molecule has 0 fully saturated rings. The van der Waals surface area contributed by atoms with Gasteiger partial charge in [0.15, 0.2) is 6.54 Å². The second-order valence-corrected chi connectivity index (χ2v) is 9.20. The summed E-state index contributed by atoms with van der Waals surface area (Å²) in [6.45, 7) is 2.27. The quantitative estimate of drug-likeness (QED) is 0.692. The summed E-state index contributed by atoms with van der Waals surface area (Å²) in [4.78, 5) is 14.5. The van der Waals surface area contributed by atoms with Crippen LogP contribution in [0.1, 0.15) is 18.5 Å². The summed E-state index contributed by atoms with van der Waals surface area (Å²) in [5.41, 5.74) is 2.35. The van der Waals surface area contributed by atoms with E-state index in [0.29, 0.717) is 5.69 Å². The Morgan fingerprint density at radius 3 is 2.29 bits per heavy atom. The molecule has 2 rings (SSSR count). The first-order chi connectivity index (χ1) is 13.1. The summed E-state index contributed by atoms with van der Waals surface area (Å²) in [6, 6.07) is 14.8. The number of nitrogens with one attached hydrogen (secondary N) is 1. The molecule has 0 aliphatic rings. The van der Waals surface area contributed by atoms with E-state index in [0.717, 1.165) is 15.6 Å². The molecule has 0 aliphatic carbocycles. The lowest BCUT2D eigenvalue weighted by molar-refractivity contribution is -0.682. The van der Waals surface area contributed by atoms with Crippen LogP contribution in [0.25, 0.3) is 0 Å². The van der Waals surface area contributed by atoms with Crippen LogP contribution in [0.2, 0.25) is 0 Å².